The van der Waals surface area contributed by atoms with Crippen LogP contribution in [0.1, 0.15) is 23.2 Å². The molecule has 1 aliphatic heterocycles. The third kappa shape index (κ3) is 2.11. The summed E-state index contributed by atoms with van der Waals surface area (Å²) in [5.41, 5.74) is 0.938. The lowest BCUT2D eigenvalue weighted by molar-refractivity contribution is -0.172. The molecular formula is C14H10N2O4. The van der Waals surface area contributed by atoms with Crippen molar-refractivity contribution < 1.29 is 19.2 Å². The number of carbonyl (C=O) groups is 3. The Hall–Kier alpha value is -2.76. The molecule has 0 N–H and O–H groups in total. The Morgan fingerprint density at radius 1 is 1.15 bits per heavy atom. The van der Waals surface area contributed by atoms with Gasteiger partial charge in [0, 0.05) is 24.4 Å². The Morgan fingerprint density at radius 3 is 2.60 bits per heavy atom. The van der Waals surface area contributed by atoms with Crippen molar-refractivity contribution in [3.8, 4) is 0 Å². The molecular weight excluding hydrogens is 260 g/mol. The molecule has 100 valence electrons. The number of para-hydroxylation sites is 1. The average molecular weight is 270 g/mol. The van der Waals surface area contributed by atoms with Gasteiger partial charge in [0.2, 0.25) is 0 Å². The molecule has 0 saturated carbocycles. The van der Waals surface area contributed by atoms with Crippen LogP contribution < -0.4 is 0 Å². The molecule has 0 aliphatic carbocycles. The third-order valence-corrected chi connectivity index (χ3v) is 3.01. The predicted molar refractivity (Wildman–Crippen MR) is 68.2 cm³/mol. The molecule has 0 spiro atoms. The Balaban J connectivity index is 1.85. The second kappa shape index (κ2) is 4.73. The van der Waals surface area contributed by atoms with E-state index in [1.807, 2.05) is 24.3 Å². The van der Waals surface area contributed by atoms with E-state index in [2.05, 4.69) is 4.98 Å². The first kappa shape index (κ1) is 12.3. The first-order valence-electron chi connectivity index (χ1n) is 6.08. The van der Waals surface area contributed by atoms with Crippen LogP contribution in [0.2, 0.25) is 0 Å². The monoisotopic (exact) mass is 270 g/mol. The zero-order valence-corrected chi connectivity index (χ0v) is 10.4. The van der Waals surface area contributed by atoms with Crippen molar-refractivity contribution in [2.75, 3.05) is 0 Å². The van der Waals surface area contributed by atoms with Gasteiger partial charge in [-0.25, -0.2) is 4.79 Å². The predicted octanol–water partition coefficient (Wildman–Crippen LogP) is 1.46. The Morgan fingerprint density at radius 2 is 1.85 bits per heavy atom. The highest BCUT2D eigenvalue weighted by atomic mass is 16.7. The summed E-state index contributed by atoms with van der Waals surface area (Å²) in [6.07, 6.45) is 1.50. The number of amides is 2. The molecule has 1 aromatic carbocycles. The van der Waals surface area contributed by atoms with E-state index in [9.17, 15) is 14.4 Å². The maximum Gasteiger partial charge on any atom is 0.365 e. The van der Waals surface area contributed by atoms with Crippen LogP contribution in [-0.4, -0.2) is 27.8 Å². The van der Waals surface area contributed by atoms with Crippen molar-refractivity contribution in [3.63, 3.8) is 0 Å². The van der Waals surface area contributed by atoms with Gasteiger partial charge in [-0.05, 0) is 12.1 Å². The summed E-state index contributed by atoms with van der Waals surface area (Å²) in [4.78, 5) is 43.6. The zero-order valence-electron chi connectivity index (χ0n) is 10.4. The molecule has 2 heterocycles. The molecule has 1 saturated heterocycles. The molecule has 1 aliphatic rings. The Bertz CT molecular complexity index is 710. The summed E-state index contributed by atoms with van der Waals surface area (Å²) in [7, 11) is 0. The lowest BCUT2D eigenvalue weighted by Crippen LogP contribution is -2.32. The average Bonchev–Trinajstić information content (AvgIpc) is 2.78. The summed E-state index contributed by atoms with van der Waals surface area (Å²) < 4.78 is 0. The number of hydroxylamine groups is 2. The van der Waals surface area contributed by atoms with Crippen molar-refractivity contribution in [1.82, 2.24) is 10.0 Å². The summed E-state index contributed by atoms with van der Waals surface area (Å²) in [6.45, 7) is 0. The highest BCUT2D eigenvalue weighted by Gasteiger charge is 2.33. The van der Waals surface area contributed by atoms with Gasteiger partial charge in [-0.15, -0.1) is 5.06 Å². The summed E-state index contributed by atoms with van der Waals surface area (Å²) >= 11 is 0. The molecule has 20 heavy (non-hydrogen) atoms. The van der Waals surface area contributed by atoms with Crippen LogP contribution in [0.4, 0.5) is 0 Å². The van der Waals surface area contributed by atoms with Gasteiger partial charge in [0.15, 0.2) is 0 Å². The van der Waals surface area contributed by atoms with Crippen LogP contribution in [0, 0.1) is 0 Å². The molecule has 0 unspecified atom stereocenters. The summed E-state index contributed by atoms with van der Waals surface area (Å²) in [5, 5.41) is 1.30. The van der Waals surface area contributed by atoms with Crippen molar-refractivity contribution in [2.45, 2.75) is 12.8 Å². The minimum atomic E-state index is -0.771. The lowest BCUT2D eigenvalue weighted by atomic mass is 10.2. The molecule has 3 rings (SSSR count). The number of hydrogen-bond acceptors (Lipinski definition) is 5. The number of imide groups is 1. The number of hydrogen-bond donors (Lipinski definition) is 0. The van der Waals surface area contributed by atoms with E-state index in [1.54, 1.807) is 6.07 Å². The second-order valence-electron chi connectivity index (χ2n) is 4.38. The van der Waals surface area contributed by atoms with Crippen LogP contribution in [0.3, 0.4) is 0 Å². The number of benzene rings is 1. The molecule has 2 amide bonds. The van der Waals surface area contributed by atoms with Crippen molar-refractivity contribution in [2.24, 2.45) is 0 Å². The Labute approximate surface area is 113 Å². The van der Waals surface area contributed by atoms with Gasteiger partial charge in [-0.1, -0.05) is 18.2 Å². The highest BCUT2D eigenvalue weighted by Crippen LogP contribution is 2.16. The van der Waals surface area contributed by atoms with E-state index in [0.717, 1.165) is 10.9 Å². The maximum atomic E-state index is 11.9. The molecule has 0 radical (unpaired) electrons. The van der Waals surface area contributed by atoms with Crippen LogP contribution in [0.5, 0.6) is 0 Å². The van der Waals surface area contributed by atoms with Gasteiger partial charge in [-0.3, -0.25) is 14.6 Å². The molecule has 2 aromatic rings. The van der Waals surface area contributed by atoms with E-state index >= 15 is 0 Å². The van der Waals surface area contributed by atoms with E-state index in [4.69, 9.17) is 4.84 Å². The zero-order chi connectivity index (χ0) is 14.1. The van der Waals surface area contributed by atoms with Crippen LogP contribution in [0.15, 0.2) is 36.5 Å². The minimum Gasteiger partial charge on any atom is -0.325 e. The maximum absolute atomic E-state index is 11.9. The largest absolute Gasteiger partial charge is 0.365 e. The molecule has 6 nitrogen and oxygen atoms in total. The number of fused-ring (bicyclic) bond motifs is 1. The molecule has 6 heteroatoms. The fourth-order valence-corrected chi connectivity index (χ4v) is 1.98. The number of nitrogens with zero attached hydrogens (tertiary/aromatic N) is 2. The van der Waals surface area contributed by atoms with Crippen LogP contribution >= 0.6 is 0 Å². The first-order valence-corrected chi connectivity index (χ1v) is 6.08. The third-order valence-electron chi connectivity index (χ3n) is 3.01. The van der Waals surface area contributed by atoms with Gasteiger partial charge in [0.25, 0.3) is 11.8 Å². The van der Waals surface area contributed by atoms with Crippen molar-refractivity contribution in [1.29, 1.82) is 0 Å². The van der Waals surface area contributed by atoms with Gasteiger partial charge in [0.05, 0.1) is 11.1 Å². The molecule has 0 atom stereocenters. The number of rotatable bonds is 2. The quantitative estimate of drug-likeness (QED) is 0.772. The van der Waals surface area contributed by atoms with Crippen LogP contribution in [-0.2, 0) is 14.4 Å². The number of aromatic nitrogens is 1. The minimum absolute atomic E-state index is 0.0715. The normalized spacial score (nSPS) is 14.9. The van der Waals surface area contributed by atoms with E-state index in [-0.39, 0.29) is 18.4 Å². The van der Waals surface area contributed by atoms with Gasteiger partial charge >= 0.3 is 5.97 Å². The van der Waals surface area contributed by atoms with E-state index in [0.29, 0.717) is 5.06 Å². The number of carbonyl (C=O) groups excluding carboxylic acids is 3. The highest BCUT2D eigenvalue weighted by molar-refractivity contribution is 6.03. The lowest BCUT2D eigenvalue weighted by Gasteiger charge is -2.12. The topological polar surface area (TPSA) is 76.6 Å². The first-order chi connectivity index (χ1) is 9.65. The SMILES string of the molecule is O=C(ON1C(=O)CCC1=O)c1cnc2ccccc2c1. The summed E-state index contributed by atoms with van der Waals surface area (Å²) in [6, 6.07) is 8.90. The summed E-state index contributed by atoms with van der Waals surface area (Å²) in [5.74, 6) is -1.78. The van der Waals surface area contributed by atoms with Crippen LogP contribution in [0.25, 0.3) is 10.9 Å². The molecule has 1 fully saturated rings. The fourth-order valence-electron chi connectivity index (χ4n) is 1.98. The van der Waals surface area contributed by atoms with Crippen molar-refractivity contribution in [3.05, 3.63) is 42.1 Å². The van der Waals surface area contributed by atoms with E-state index in [1.165, 1.54) is 6.20 Å². The second-order valence-corrected chi connectivity index (χ2v) is 4.38. The van der Waals surface area contributed by atoms with E-state index < -0.39 is 17.8 Å². The smallest absolute Gasteiger partial charge is 0.325 e. The van der Waals surface area contributed by atoms with Crippen molar-refractivity contribution >= 4 is 28.7 Å². The molecule has 1 aromatic heterocycles. The van der Waals surface area contributed by atoms with Gasteiger partial charge < -0.3 is 4.84 Å². The standard InChI is InChI=1S/C14H10N2O4/c17-12-5-6-13(18)16(12)20-14(19)10-7-9-3-1-2-4-11(9)15-8-10/h1-4,7-8H,5-6H2. The Kier molecular flexibility index (Phi) is 2.90. The van der Waals surface area contributed by atoms with Gasteiger partial charge in [0.1, 0.15) is 0 Å². The fraction of sp³-hybridized carbons (Fsp3) is 0.143. The molecule has 0 bridgehead atoms. The number of pyridine rings is 1. The van der Waals surface area contributed by atoms with Gasteiger partial charge in [-0.2, -0.15) is 0 Å².